The molecule has 170 valence electrons. The molecule has 0 saturated carbocycles. The Morgan fingerprint density at radius 2 is 1.71 bits per heavy atom. The first kappa shape index (κ1) is 22.0. The van der Waals surface area contributed by atoms with Gasteiger partial charge in [0.15, 0.2) is 0 Å². The van der Waals surface area contributed by atoms with E-state index in [4.69, 9.17) is 11.6 Å². The predicted molar refractivity (Wildman–Crippen MR) is 134 cm³/mol. The number of benzene rings is 3. The van der Waals surface area contributed by atoms with Crippen LogP contribution in [0.4, 0.5) is 0 Å². The van der Waals surface area contributed by atoms with Gasteiger partial charge < -0.3 is 15.0 Å². The topological polar surface area (TPSA) is 73.4 Å². The third-order valence-electron chi connectivity index (χ3n) is 6.35. The normalized spacial score (nSPS) is 17.6. The summed E-state index contributed by atoms with van der Waals surface area (Å²) in [5.74, 6) is -1.49. The van der Waals surface area contributed by atoms with E-state index < -0.39 is 17.7 Å². The van der Waals surface area contributed by atoms with Crippen molar-refractivity contribution in [1.29, 1.82) is 0 Å². The smallest absolute Gasteiger partial charge is 0.295 e. The molecule has 0 spiro atoms. The predicted octanol–water partition coefficient (Wildman–Crippen LogP) is 5.79. The van der Waals surface area contributed by atoms with Crippen LogP contribution < -0.4 is 0 Å². The largest absolute Gasteiger partial charge is 0.507 e. The van der Waals surface area contributed by atoms with Gasteiger partial charge in [-0.15, -0.1) is 0 Å². The molecule has 6 heteroatoms. The van der Waals surface area contributed by atoms with Crippen molar-refractivity contribution in [2.75, 3.05) is 6.54 Å². The third-order valence-corrected chi connectivity index (χ3v) is 6.60. The number of aromatic nitrogens is 1. The molecule has 34 heavy (non-hydrogen) atoms. The summed E-state index contributed by atoms with van der Waals surface area (Å²) in [6, 6.07) is 21.6. The Morgan fingerprint density at radius 3 is 2.44 bits per heavy atom. The molecule has 1 fully saturated rings. The first-order chi connectivity index (χ1) is 16.4. The van der Waals surface area contributed by atoms with E-state index in [-0.39, 0.29) is 11.3 Å². The van der Waals surface area contributed by atoms with E-state index in [0.29, 0.717) is 23.6 Å². The summed E-state index contributed by atoms with van der Waals surface area (Å²) in [6.07, 6.45) is 2.51. The standard InChI is InChI=1S/C28H23ClN2O3/c1-17-6-8-18(9-7-17)25-24(26(32)19-10-12-21(29)13-11-19)27(33)28(34)31(25)15-14-20-16-30-23-5-3-2-4-22(20)23/h2-13,16,25,30,32H,14-15H2,1H3/b26-24+. The van der Waals surface area contributed by atoms with Crippen LogP contribution >= 0.6 is 11.6 Å². The molecular formula is C28H23ClN2O3. The lowest BCUT2D eigenvalue weighted by Gasteiger charge is -2.25. The molecule has 1 unspecified atom stereocenters. The number of amides is 1. The quantitative estimate of drug-likeness (QED) is 0.220. The number of nitrogens with one attached hydrogen (secondary N) is 1. The average Bonchev–Trinajstić information content (AvgIpc) is 3.37. The minimum atomic E-state index is -0.683. The summed E-state index contributed by atoms with van der Waals surface area (Å²) >= 11 is 5.99. The first-order valence-corrected chi connectivity index (χ1v) is 11.5. The van der Waals surface area contributed by atoms with Crippen molar-refractivity contribution < 1.29 is 14.7 Å². The number of rotatable bonds is 5. The van der Waals surface area contributed by atoms with Gasteiger partial charge in [-0.25, -0.2) is 0 Å². The molecule has 0 bridgehead atoms. The van der Waals surface area contributed by atoms with Gasteiger partial charge in [-0.3, -0.25) is 9.59 Å². The number of hydrogen-bond donors (Lipinski definition) is 2. The number of hydrogen-bond acceptors (Lipinski definition) is 3. The fourth-order valence-electron chi connectivity index (χ4n) is 4.55. The van der Waals surface area contributed by atoms with E-state index in [9.17, 15) is 14.7 Å². The SMILES string of the molecule is Cc1ccc(C2/C(=C(\O)c3ccc(Cl)cc3)C(=O)C(=O)N2CCc2c[nH]c3ccccc23)cc1. The van der Waals surface area contributed by atoms with Crippen molar-refractivity contribution in [2.45, 2.75) is 19.4 Å². The maximum atomic E-state index is 13.2. The number of carbonyl (C=O) groups is 2. The van der Waals surface area contributed by atoms with E-state index in [0.717, 1.165) is 27.6 Å². The van der Waals surface area contributed by atoms with Crippen LogP contribution in [0, 0.1) is 6.92 Å². The van der Waals surface area contributed by atoms with Crippen molar-refractivity contribution in [3.05, 3.63) is 112 Å². The molecule has 5 nitrogen and oxygen atoms in total. The highest BCUT2D eigenvalue weighted by Crippen LogP contribution is 2.39. The van der Waals surface area contributed by atoms with Crippen LogP contribution in [-0.4, -0.2) is 33.2 Å². The Balaban J connectivity index is 1.56. The highest BCUT2D eigenvalue weighted by molar-refractivity contribution is 6.46. The number of nitrogens with zero attached hydrogens (tertiary/aromatic N) is 1. The molecule has 3 aromatic carbocycles. The monoisotopic (exact) mass is 470 g/mol. The molecule has 5 rings (SSSR count). The van der Waals surface area contributed by atoms with Crippen molar-refractivity contribution >= 4 is 40.0 Å². The molecule has 1 atom stereocenters. The van der Waals surface area contributed by atoms with Gasteiger partial charge >= 0.3 is 0 Å². The van der Waals surface area contributed by atoms with Gasteiger partial charge in [0.2, 0.25) is 0 Å². The zero-order chi connectivity index (χ0) is 23.8. The molecule has 1 aliphatic rings. The second-order valence-corrected chi connectivity index (χ2v) is 8.96. The van der Waals surface area contributed by atoms with Crippen molar-refractivity contribution in [3.63, 3.8) is 0 Å². The maximum absolute atomic E-state index is 13.2. The number of aryl methyl sites for hydroxylation is 1. The van der Waals surface area contributed by atoms with Gasteiger partial charge in [-0.2, -0.15) is 0 Å². The molecular weight excluding hydrogens is 448 g/mol. The lowest BCUT2D eigenvalue weighted by Crippen LogP contribution is -2.31. The van der Waals surface area contributed by atoms with Crippen LogP contribution in [0.2, 0.25) is 5.02 Å². The van der Waals surface area contributed by atoms with E-state index in [1.54, 1.807) is 29.2 Å². The molecule has 1 saturated heterocycles. The summed E-state index contributed by atoms with van der Waals surface area (Å²) in [5, 5.41) is 12.7. The molecule has 0 radical (unpaired) electrons. The van der Waals surface area contributed by atoms with Crippen LogP contribution in [0.3, 0.4) is 0 Å². The minimum absolute atomic E-state index is 0.0927. The Hall–Kier alpha value is -3.83. The highest BCUT2D eigenvalue weighted by Gasteiger charge is 2.45. The first-order valence-electron chi connectivity index (χ1n) is 11.1. The number of likely N-dealkylation sites (tertiary alicyclic amines) is 1. The maximum Gasteiger partial charge on any atom is 0.295 e. The van der Waals surface area contributed by atoms with Crippen LogP contribution in [0.5, 0.6) is 0 Å². The molecule has 2 heterocycles. The van der Waals surface area contributed by atoms with Crippen molar-refractivity contribution in [3.8, 4) is 0 Å². The summed E-state index contributed by atoms with van der Waals surface area (Å²) in [7, 11) is 0. The van der Waals surface area contributed by atoms with Crippen molar-refractivity contribution in [2.24, 2.45) is 0 Å². The van der Waals surface area contributed by atoms with Crippen LogP contribution in [0.25, 0.3) is 16.7 Å². The number of halogens is 1. The molecule has 1 aliphatic heterocycles. The minimum Gasteiger partial charge on any atom is -0.507 e. The number of ketones is 1. The summed E-state index contributed by atoms with van der Waals surface area (Å²) in [4.78, 5) is 31.2. The Bertz CT molecular complexity index is 1420. The van der Waals surface area contributed by atoms with Gasteiger partial charge in [-0.1, -0.05) is 59.6 Å². The lowest BCUT2D eigenvalue weighted by molar-refractivity contribution is -0.139. The van der Waals surface area contributed by atoms with E-state index in [2.05, 4.69) is 4.98 Å². The number of aromatic amines is 1. The zero-order valence-corrected chi connectivity index (χ0v) is 19.3. The highest BCUT2D eigenvalue weighted by atomic mass is 35.5. The number of aliphatic hydroxyl groups excluding tert-OH is 1. The van der Waals surface area contributed by atoms with Crippen molar-refractivity contribution in [1.82, 2.24) is 9.88 Å². The molecule has 0 aliphatic carbocycles. The second kappa shape index (κ2) is 8.84. The summed E-state index contributed by atoms with van der Waals surface area (Å²) < 4.78 is 0. The number of aliphatic hydroxyl groups is 1. The third kappa shape index (κ3) is 3.88. The van der Waals surface area contributed by atoms with Gasteiger partial charge in [0.25, 0.3) is 11.7 Å². The van der Waals surface area contributed by atoms with Gasteiger partial charge in [0.05, 0.1) is 11.6 Å². The van der Waals surface area contributed by atoms with Crippen LogP contribution in [0.1, 0.15) is 28.3 Å². The Morgan fingerprint density at radius 1 is 1.00 bits per heavy atom. The zero-order valence-electron chi connectivity index (χ0n) is 18.6. The number of H-pyrrole nitrogens is 1. The fourth-order valence-corrected chi connectivity index (χ4v) is 4.67. The van der Waals surface area contributed by atoms with E-state index >= 15 is 0 Å². The number of Topliss-reactive ketones (excluding diaryl/α,β-unsaturated/α-hetero) is 1. The summed E-state index contributed by atoms with van der Waals surface area (Å²) in [6.45, 7) is 2.31. The van der Waals surface area contributed by atoms with Gasteiger partial charge in [0.1, 0.15) is 5.76 Å². The lowest BCUT2D eigenvalue weighted by atomic mass is 9.94. The molecule has 1 aromatic heterocycles. The van der Waals surface area contributed by atoms with E-state index in [1.165, 1.54) is 0 Å². The van der Waals surface area contributed by atoms with Crippen LogP contribution in [-0.2, 0) is 16.0 Å². The number of carbonyl (C=O) groups excluding carboxylic acids is 2. The molecule has 4 aromatic rings. The van der Waals surface area contributed by atoms with Gasteiger partial charge in [0, 0.05) is 34.2 Å². The summed E-state index contributed by atoms with van der Waals surface area (Å²) in [5.41, 5.74) is 4.47. The molecule has 2 N–H and O–H groups in total. The Labute approximate surface area is 202 Å². The second-order valence-electron chi connectivity index (χ2n) is 8.52. The number of fused-ring (bicyclic) bond motifs is 1. The van der Waals surface area contributed by atoms with Gasteiger partial charge in [-0.05, 0) is 54.8 Å². The fraction of sp³-hybridized carbons (Fsp3) is 0.143. The van der Waals surface area contributed by atoms with Crippen LogP contribution in [0.15, 0.2) is 84.6 Å². The van der Waals surface area contributed by atoms with E-state index in [1.807, 2.05) is 61.7 Å². The molecule has 1 amide bonds. The average molecular weight is 471 g/mol. The number of para-hydroxylation sites is 1. The Kier molecular flexibility index (Phi) is 5.72.